The van der Waals surface area contributed by atoms with E-state index in [9.17, 15) is 4.79 Å². The third kappa shape index (κ3) is 2.86. The minimum absolute atomic E-state index is 0.139. The van der Waals surface area contributed by atoms with E-state index < -0.39 is 0 Å². The molecule has 1 fully saturated rings. The van der Waals surface area contributed by atoms with Gasteiger partial charge in [-0.3, -0.25) is 0 Å². The average molecular weight is 233 g/mol. The lowest BCUT2D eigenvalue weighted by molar-refractivity contribution is -0.0375. The lowest BCUT2D eigenvalue weighted by Crippen LogP contribution is -2.56. The van der Waals surface area contributed by atoms with Gasteiger partial charge in [0.2, 0.25) is 0 Å². The smallest absolute Gasteiger partial charge is 0.338 e. The fourth-order valence-corrected chi connectivity index (χ4v) is 2.25. The third-order valence-electron chi connectivity index (χ3n) is 3.22. The second-order valence-electron chi connectivity index (χ2n) is 5.06. The SMILES string of the molecule is CCN1CC(C)(COC(=O)c2ccccc2)C1. The molecule has 3 heteroatoms. The number of nitrogens with zero attached hydrogens (tertiary/aromatic N) is 1. The van der Waals surface area contributed by atoms with Gasteiger partial charge >= 0.3 is 5.97 Å². The summed E-state index contributed by atoms with van der Waals surface area (Å²) in [7, 11) is 0. The highest BCUT2D eigenvalue weighted by Gasteiger charge is 2.38. The molecule has 0 N–H and O–H groups in total. The van der Waals surface area contributed by atoms with Crippen LogP contribution in [0.2, 0.25) is 0 Å². The molecule has 0 saturated carbocycles. The van der Waals surface area contributed by atoms with Crippen molar-refractivity contribution in [3.8, 4) is 0 Å². The molecular formula is C14H19NO2. The van der Waals surface area contributed by atoms with E-state index >= 15 is 0 Å². The highest BCUT2D eigenvalue weighted by Crippen LogP contribution is 2.29. The van der Waals surface area contributed by atoms with Crippen molar-refractivity contribution in [2.24, 2.45) is 5.41 Å². The van der Waals surface area contributed by atoms with E-state index in [1.165, 1.54) is 0 Å². The van der Waals surface area contributed by atoms with Gasteiger partial charge in [-0.15, -0.1) is 0 Å². The summed E-state index contributed by atoms with van der Waals surface area (Å²) >= 11 is 0. The maximum absolute atomic E-state index is 11.7. The molecule has 1 heterocycles. The van der Waals surface area contributed by atoms with Crippen molar-refractivity contribution >= 4 is 5.97 Å². The van der Waals surface area contributed by atoms with Crippen LogP contribution in [0.1, 0.15) is 24.2 Å². The van der Waals surface area contributed by atoms with Gasteiger partial charge in [-0.1, -0.05) is 32.0 Å². The van der Waals surface area contributed by atoms with Crippen LogP contribution in [-0.2, 0) is 4.74 Å². The molecule has 1 aromatic carbocycles. The van der Waals surface area contributed by atoms with Crippen molar-refractivity contribution in [3.63, 3.8) is 0 Å². The molecule has 17 heavy (non-hydrogen) atoms. The average Bonchev–Trinajstić information content (AvgIpc) is 2.33. The van der Waals surface area contributed by atoms with E-state index in [0.717, 1.165) is 19.6 Å². The van der Waals surface area contributed by atoms with Crippen LogP contribution in [0.25, 0.3) is 0 Å². The normalized spacial score (nSPS) is 18.5. The van der Waals surface area contributed by atoms with Crippen LogP contribution < -0.4 is 0 Å². The standard InChI is InChI=1S/C14H19NO2/c1-3-15-9-14(2,10-15)11-17-13(16)12-7-5-4-6-8-12/h4-8H,3,9-11H2,1-2H3. The summed E-state index contributed by atoms with van der Waals surface area (Å²) in [5, 5.41) is 0. The number of benzene rings is 1. The summed E-state index contributed by atoms with van der Waals surface area (Å²) in [5.74, 6) is -0.221. The number of rotatable bonds is 4. The summed E-state index contributed by atoms with van der Waals surface area (Å²) in [6.45, 7) is 7.93. The molecule has 2 rings (SSSR count). The molecule has 1 saturated heterocycles. The zero-order valence-corrected chi connectivity index (χ0v) is 10.5. The molecule has 1 aliphatic rings. The molecule has 1 aromatic rings. The van der Waals surface area contributed by atoms with Gasteiger partial charge in [0.15, 0.2) is 0 Å². The predicted molar refractivity (Wildman–Crippen MR) is 66.9 cm³/mol. The Kier molecular flexibility index (Phi) is 3.48. The van der Waals surface area contributed by atoms with Crippen LogP contribution in [0.5, 0.6) is 0 Å². The summed E-state index contributed by atoms with van der Waals surface area (Å²) < 4.78 is 5.36. The van der Waals surface area contributed by atoms with Crippen LogP contribution in [0.4, 0.5) is 0 Å². The first-order chi connectivity index (χ1) is 8.13. The minimum atomic E-state index is -0.221. The molecule has 0 unspecified atom stereocenters. The first-order valence-corrected chi connectivity index (χ1v) is 6.07. The summed E-state index contributed by atoms with van der Waals surface area (Å²) in [5.41, 5.74) is 0.767. The molecule has 0 aliphatic carbocycles. The van der Waals surface area contributed by atoms with Crippen LogP contribution in [0.15, 0.2) is 30.3 Å². The second-order valence-corrected chi connectivity index (χ2v) is 5.06. The third-order valence-corrected chi connectivity index (χ3v) is 3.22. The fourth-order valence-electron chi connectivity index (χ4n) is 2.25. The summed E-state index contributed by atoms with van der Waals surface area (Å²) in [6, 6.07) is 9.15. The maximum atomic E-state index is 11.7. The highest BCUT2D eigenvalue weighted by atomic mass is 16.5. The van der Waals surface area contributed by atoms with E-state index in [4.69, 9.17) is 4.74 Å². The Labute approximate surface area is 102 Å². The Morgan fingerprint density at radius 1 is 1.35 bits per heavy atom. The number of hydrogen-bond donors (Lipinski definition) is 0. The summed E-state index contributed by atoms with van der Waals surface area (Å²) in [6.07, 6.45) is 0. The zero-order chi connectivity index (χ0) is 12.3. The van der Waals surface area contributed by atoms with Crippen LogP contribution in [-0.4, -0.2) is 37.1 Å². The van der Waals surface area contributed by atoms with Crippen molar-refractivity contribution in [1.29, 1.82) is 0 Å². The van der Waals surface area contributed by atoms with Gasteiger partial charge in [-0.25, -0.2) is 4.79 Å². The summed E-state index contributed by atoms with van der Waals surface area (Å²) in [4.78, 5) is 14.1. The highest BCUT2D eigenvalue weighted by molar-refractivity contribution is 5.89. The van der Waals surface area contributed by atoms with Crippen molar-refractivity contribution in [2.45, 2.75) is 13.8 Å². The largest absolute Gasteiger partial charge is 0.461 e. The quantitative estimate of drug-likeness (QED) is 0.747. The van der Waals surface area contributed by atoms with Crippen molar-refractivity contribution in [1.82, 2.24) is 4.90 Å². The second kappa shape index (κ2) is 4.88. The number of carbonyl (C=O) groups excluding carboxylic acids is 1. The molecule has 0 aromatic heterocycles. The van der Waals surface area contributed by atoms with E-state index in [0.29, 0.717) is 12.2 Å². The lowest BCUT2D eigenvalue weighted by Gasteiger charge is -2.47. The van der Waals surface area contributed by atoms with Crippen molar-refractivity contribution in [3.05, 3.63) is 35.9 Å². The number of carbonyl (C=O) groups is 1. The molecule has 0 atom stereocenters. The van der Waals surface area contributed by atoms with E-state index in [2.05, 4.69) is 18.7 Å². The van der Waals surface area contributed by atoms with Gasteiger partial charge in [0, 0.05) is 18.5 Å². The molecule has 0 amide bonds. The van der Waals surface area contributed by atoms with E-state index in [1.807, 2.05) is 18.2 Å². The monoisotopic (exact) mass is 233 g/mol. The van der Waals surface area contributed by atoms with Crippen LogP contribution >= 0.6 is 0 Å². The molecule has 92 valence electrons. The minimum Gasteiger partial charge on any atom is -0.461 e. The maximum Gasteiger partial charge on any atom is 0.338 e. The predicted octanol–water partition coefficient (Wildman–Crippen LogP) is 2.19. The van der Waals surface area contributed by atoms with Crippen LogP contribution in [0, 0.1) is 5.41 Å². The van der Waals surface area contributed by atoms with Crippen LogP contribution in [0.3, 0.4) is 0 Å². The molecule has 0 bridgehead atoms. The molecule has 1 aliphatic heterocycles. The van der Waals surface area contributed by atoms with Gasteiger partial charge in [0.25, 0.3) is 0 Å². The Balaban J connectivity index is 1.82. The van der Waals surface area contributed by atoms with Gasteiger partial charge < -0.3 is 9.64 Å². The Morgan fingerprint density at radius 2 is 2.00 bits per heavy atom. The Hall–Kier alpha value is -1.35. The molecule has 0 spiro atoms. The lowest BCUT2D eigenvalue weighted by atomic mass is 9.83. The Bertz CT molecular complexity index is 382. The number of likely N-dealkylation sites (tertiary alicyclic amines) is 1. The number of hydrogen-bond acceptors (Lipinski definition) is 3. The van der Waals surface area contributed by atoms with Gasteiger partial charge in [0.05, 0.1) is 12.2 Å². The first kappa shape index (κ1) is 12.1. The molecular weight excluding hydrogens is 214 g/mol. The molecule has 3 nitrogen and oxygen atoms in total. The zero-order valence-electron chi connectivity index (χ0n) is 10.5. The number of ether oxygens (including phenoxy) is 1. The first-order valence-electron chi connectivity index (χ1n) is 6.07. The van der Waals surface area contributed by atoms with E-state index in [-0.39, 0.29) is 11.4 Å². The fraction of sp³-hybridized carbons (Fsp3) is 0.500. The van der Waals surface area contributed by atoms with Gasteiger partial charge in [0.1, 0.15) is 0 Å². The van der Waals surface area contributed by atoms with Crippen molar-refractivity contribution in [2.75, 3.05) is 26.2 Å². The van der Waals surface area contributed by atoms with Crippen molar-refractivity contribution < 1.29 is 9.53 Å². The van der Waals surface area contributed by atoms with Gasteiger partial charge in [-0.05, 0) is 18.7 Å². The topological polar surface area (TPSA) is 29.5 Å². The van der Waals surface area contributed by atoms with Gasteiger partial charge in [-0.2, -0.15) is 0 Å². The Morgan fingerprint density at radius 3 is 2.59 bits per heavy atom. The number of esters is 1. The van der Waals surface area contributed by atoms with E-state index in [1.54, 1.807) is 12.1 Å². The molecule has 0 radical (unpaired) electrons.